The Morgan fingerprint density at radius 2 is 1.63 bits per heavy atom. The van der Waals surface area contributed by atoms with Gasteiger partial charge in [0.25, 0.3) is 5.91 Å². The van der Waals surface area contributed by atoms with Crippen molar-refractivity contribution in [1.82, 2.24) is 29.3 Å². The molecule has 13 nitrogen and oxygen atoms in total. The molecule has 1 fully saturated rings. The molecule has 0 spiro atoms. The van der Waals surface area contributed by atoms with Gasteiger partial charge in [0.1, 0.15) is 0 Å². The summed E-state index contributed by atoms with van der Waals surface area (Å²) in [6.45, 7) is -1.33. The molecule has 0 unspecified atom stereocenters. The van der Waals surface area contributed by atoms with Crippen molar-refractivity contribution in [3.8, 4) is 6.01 Å². The fraction of sp³-hybridized carbons (Fsp3) is 0.393. The molecule has 2 amide bonds. The Balaban J connectivity index is 1.35. The molecule has 1 aromatic heterocycles. The zero-order valence-corrected chi connectivity index (χ0v) is 26.4. The van der Waals surface area contributed by atoms with Crippen molar-refractivity contribution < 1.29 is 35.9 Å². The van der Waals surface area contributed by atoms with Crippen molar-refractivity contribution in [3.63, 3.8) is 0 Å². The van der Waals surface area contributed by atoms with E-state index < -0.39 is 40.4 Å². The fourth-order valence-corrected chi connectivity index (χ4v) is 4.81. The third-order valence-electron chi connectivity index (χ3n) is 6.72. The highest BCUT2D eigenvalue weighted by molar-refractivity contribution is 7.87. The number of halogens is 4. The second-order valence-electron chi connectivity index (χ2n) is 10.6. The molecule has 0 radical (unpaired) electrons. The van der Waals surface area contributed by atoms with Crippen LogP contribution < -0.4 is 25.4 Å². The Morgan fingerprint density at radius 1 is 0.978 bits per heavy atom. The first-order chi connectivity index (χ1) is 21.6. The molecule has 1 saturated carbocycles. The molecule has 3 aromatic rings. The van der Waals surface area contributed by atoms with E-state index in [4.69, 9.17) is 16.3 Å². The molecular formula is C28H32ClF3N8O5S. The number of ether oxygens (including phenoxy) is 1. The summed E-state index contributed by atoms with van der Waals surface area (Å²) in [4.78, 5) is 36.7. The lowest BCUT2D eigenvalue weighted by Crippen LogP contribution is -2.39. The molecule has 4 N–H and O–H groups in total. The molecule has 0 saturated heterocycles. The number of carbonyl (C=O) groups is 2. The minimum absolute atomic E-state index is 0.00919. The first-order valence-corrected chi connectivity index (χ1v) is 15.8. The number of hydrogen-bond donors (Lipinski definition) is 4. The lowest BCUT2D eigenvalue weighted by molar-refractivity contribution is -0.154. The van der Waals surface area contributed by atoms with Crippen LogP contribution in [0.15, 0.2) is 48.5 Å². The van der Waals surface area contributed by atoms with Crippen molar-refractivity contribution >= 4 is 51.2 Å². The number of anilines is 3. The van der Waals surface area contributed by atoms with Gasteiger partial charge in [-0.1, -0.05) is 23.7 Å². The lowest BCUT2D eigenvalue weighted by atomic mass is 10.1. The van der Waals surface area contributed by atoms with Crippen molar-refractivity contribution in [2.45, 2.75) is 43.8 Å². The Kier molecular flexibility index (Phi) is 10.9. The van der Waals surface area contributed by atoms with Gasteiger partial charge in [0.05, 0.1) is 5.54 Å². The summed E-state index contributed by atoms with van der Waals surface area (Å²) < 4.78 is 69.5. The zero-order chi connectivity index (χ0) is 33.5. The van der Waals surface area contributed by atoms with Crippen molar-refractivity contribution in [1.29, 1.82) is 0 Å². The number of unbranched alkanes of at least 4 members (excludes halogenated alkanes) is 1. The monoisotopic (exact) mass is 684 g/mol. The lowest BCUT2D eigenvalue weighted by Gasteiger charge is -2.19. The van der Waals surface area contributed by atoms with E-state index in [0.717, 1.165) is 22.7 Å². The maximum absolute atomic E-state index is 12.8. The Hall–Kier alpha value is -4.22. The standard InChI is InChI=1S/C28H32ClF3N8O5S/c1-40(2)46(43,44)39-22(41)5-3-4-16-33-23(42)18-6-12-21(13-7-18)34-24-35-25(37-26(36-24)45-17-28(30,31)32)38-27(14-15-27)19-8-10-20(29)11-9-19/h6-13H,3-5,14-17H2,1-2H3,(H,33,42)(H,39,41)(H2,34,35,36,37,38). The molecular weight excluding hydrogens is 653 g/mol. The highest BCUT2D eigenvalue weighted by atomic mass is 35.5. The molecule has 0 atom stereocenters. The summed E-state index contributed by atoms with van der Waals surface area (Å²) in [5.74, 6) is -1.09. The summed E-state index contributed by atoms with van der Waals surface area (Å²) in [6.07, 6.45) is -2.36. The number of rotatable bonds is 15. The summed E-state index contributed by atoms with van der Waals surface area (Å²) in [6, 6.07) is 12.8. The largest absolute Gasteiger partial charge is 0.454 e. The smallest absolute Gasteiger partial charge is 0.422 e. The minimum atomic E-state index is -4.60. The van der Waals surface area contributed by atoms with Crippen LogP contribution in [-0.2, 0) is 20.5 Å². The van der Waals surface area contributed by atoms with Gasteiger partial charge in [-0.2, -0.15) is 40.8 Å². The first-order valence-electron chi connectivity index (χ1n) is 14.0. The number of nitrogens with one attached hydrogen (secondary N) is 4. The van der Waals surface area contributed by atoms with Crippen LogP contribution in [0.3, 0.4) is 0 Å². The third kappa shape index (κ3) is 10.1. The molecule has 1 aliphatic rings. The predicted molar refractivity (Wildman–Crippen MR) is 164 cm³/mol. The van der Waals surface area contributed by atoms with Crippen molar-refractivity contribution in [3.05, 3.63) is 64.7 Å². The van der Waals surface area contributed by atoms with Crippen LogP contribution in [0.1, 0.15) is 48.0 Å². The number of alkyl halides is 3. The Morgan fingerprint density at radius 3 is 2.24 bits per heavy atom. The van der Waals surface area contributed by atoms with E-state index in [0.29, 0.717) is 29.1 Å². The third-order valence-corrected chi connectivity index (χ3v) is 8.42. The summed E-state index contributed by atoms with van der Waals surface area (Å²) in [5, 5.41) is 9.37. The van der Waals surface area contributed by atoms with E-state index in [9.17, 15) is 31.2 Å². The second kappa shape index (κ2) is 14.5. The molecule has 18 heteroatoms. The average molecular weight is 685 g/mol. The average Bonchev–Trinajstić information content (AvgIpc) is 3.76. The first kappa shape index (κ1) is 34.6. The zero-order valence-electron chi connectivity index (χ0n) is 24.8. The fourth-order valence-electron chi connectivity index (χ4n) is 4.11. The van der Waals surface area contributed by atoms with Crippen LogP contribution in [0.5, 0.6) is 6.01 Å². The molecule has 2 aromatic carbocycles. The van der Waals surface area contributed by atoms with E-state index in [1.807, 2.05) is 16.9 Å². The van der Waals surface area contributed by atoms with Gasteiger partial charge in [-0.05, 0) is 67.6 Å². The Labute approximate surface area is 268 Å². The predicted octanol–water partition coefficient (Wildman–Crippen LogP) is 4.13. The summed E-state index contributed by atoms with van der Waals surface area (Å²) >= 11 is 6.01. The van der Waals surface area contributed by atoms with Crippen LogP contribution in [0.4, 0.5) is 30.8 Å². The van der Waals surface area contributed by atoms with E-state index >= 15 is 0 Å². The molecule has 1 aliphatic carbocycles. The van der Waals surface area contributed by atoms with Gasteiger partial charge in [-0.3, -0.25) is 9.59 Å². The van der Waals surface area contributed by atoms with Crippen molar-refractivity contribution in [2.75, 3.05) is 37.9 Å². The SMILES string of the molecule is CN(C)S(=O)(=O)NC(=O)CCCCNC(=O)c1ccc(Nc2nc(NC3(c4ccc(Cl)cc4)CC3)nc(OCC(F)(F)F)n2)cc1. The number of benzene rings is 2. The summed E-state index contributed by atoms with van der Waals surface area (Å²) in [7, 11) is -1.25. The van der Waals surface area contributed by atoms with Gasteiger partial charge in [0.15, 0.2) is 6.61 Å². The number of nitrogens with zero attached hydrogens (tertiary/aromatic N) is 4. The van der Waals surface area contributed by atoms with E-state index in [2.05, 4.69) is 30.9 Å². The maximum Gasteiger partial charge on any atom is 0.422 e. The number of hydrogen-bond acceptors (Lipinski definition) is 10. The molecule has 0 aliphatic heterocycles. The van der Waals surface area contributed by atoms with Crippen LogP contribution in [0, 0.1) is 0 Å². The number of carbonyl (C=O) groups excluding carboxylic acids is 2. The molecule has 1 heterocycles. The Bertz CT molecular complexity index is 1640. The highest BCUT2D eigenvalue weighted by Crippen LogP contribution is 2.48. The van der Waals surface area contributed by atoms with E-state index in [-0.39, 0.29) is 30.8 Å². The normalized spacial score (nSPS) is 14.0. The topological polar surface area (TPSA) is 168 Å². The van der Waals surface area contributed by atoms with Crippen LogP contribution in [0.25, 0.3) is 0 Å². The van der Waals surface area contributed by atoms with E-state index in [1.165, 1.54) is 26.2 Å². The van der Waals surface area contributed by atoms with E-state index in [1.54, 1.807) is 24.3 Å². The van der Waals surface area contributed by atoms with Crippen LogP contribution in [-0.4, -0.2) is 72.9 Å². The second-order valence-corrected chi connectivity index (χ2v) is 12.9. The quantitative estimate of drug-likeness (QED) is 0.171. The van der Waals surface area contributed by atoms with Gasteiger partial charge >= 0.3 is 22.4 Å². The van der Waals surface area contributed by atoms with Gasteiger partial charge in [0, 0.05) is 43.3 Å². The van der Waals surface area contributed by atoms with Gasteiger partial charge in [-0.15, -0.1) is 0 Å². The maximum atomic E-state index is 12.8. The van der Waals surface area contributed by atoms with Gasteiger partial charge in [-0.25, -0.2) is 4.72 Å². The molecule has 248 valence electrons. The molecule has 0 bridgehead atoms. The summed E-state index contributed by atoms with van der Waals surface area (Å²) in [5.41, 5.74) is 1.16. The van der Waals surface area contributed by atoms with Crippen LogP contribution in [0.2, 0.25) is 5.02 Å². The van der Waals surface area contributed by atoms with Crippen LogP contribution >= 0.6 is 11.6 Å². The number of amides is 2. The molecule has 4 rings (SSSR count). The highest BCUT2D eigenvalue weighted by Gasteiger charge is 2.45. The molecule has 46 heavy (non-hydrogen) atoms. The number of aromatic nitrogens is 3. The minimum Gasteiger partial charge on any atom is -0.454 e. The van der Waals surface area contributed by atoms with Gasteiger partial charge in [0.2, 0.25) is 17.8 Å². The van der Waals surface area contributed by atoms with Gasteiger partial charge < -0.3 is 20.7 Å². The van der Waals surface area contributed by atoms with Crippen molar-refractivity contribution in [2.24, 2.45) is 0 Å².